The average molecular weight is 290 g/mol. The average Bonchev–Trinajstić information content (AvgIpc) is 2.50. The molecule has 1 aromatic rings. The van der Waals surface area contributed by atoms with Crippen molar-refractivity contribution in [2.75, 3.05) is 18.4 Å². The van der Waals surface area contributed by atoms with Gasteiger partial charge in [0.15, 0.2) is 0 Å². The molecule has 0 atom stereocenters. The Morgan fingerprint density at radius 3 is 3.00 bits per heavy atom. The van der Waals surface area contributed by atoms with Gasteiger partial charge in [-0.15, -0.1) is 0 Å². The number of ether oxygens (including phenoxy) is 1. The number of nitrogens with one attached hydrogen (secondary N) is 2. The van der Waals surface area contributed by atoms with Crippen LogP contribution in [0.4, 0.5) is 10.5 Å². The Bertz CT molecular complexity index is 460. The first kappa shape index (κ1) is 15.7. The molecular weight excluding hydrogens is 264 g/mol. The quantitative estimate of drug-likeness (QED) is 0.743. The van der Waals surface area contributed by atoms with Crippen molar-refractivity contribution in [3.05, 3.63) is 23.8 Å². The lowest BCUT2D eigenvalue weighted by Crippen LogP contribution is -2.27. The van der Waals surface area contributed by atoms with Gasteiger partial charge < -0.3 is 15.4 Å². The number of aryl methyl sites for hydroxylation is 1. The standard InChI is InChI=1S/C17H26N2O2/c1-2-3-4-5-6-11-19-17(20)21-15-9-10-16-14(13-15)8-7-12-18-16/h9-10,13,18H,2-8,11-12H2,1H3,(H,19,20). The van der Waals surface area contributed by atoms with Gasteiger partial charge in [0, 0.05) is 18.8 Å². The van der Waals surface area contributed by atoms with Crippen LogP contribution in [0, 0.1) is 0 Å². The molecule has 0 saturated carbocycles. The molecule has 0 saturated heterocycles. The maximum absolute atomic E-state index is 11.7. The summed E-state index contributed by atoms with van der Waals surface area (Å²) in [7, 11) is 0. The monoisotopic (exact) mass is 290 g/mol. The van der Waals surface area contributed by atoms with Crippen molar-refractivity contribution >= 4 is 11.8 Å². The molecule has 0 aromatic heterocycles. The molecule has 2 N–H and O–H groups in total. The summed E-state index contributed by atoms with van der Waals surface area (Å²) in [6, 6.07) is 5.79. The van der Waals surface area contributed by atoms with E-state index < -0.39 is 0 Å². The van der Waals surface area contributed by atoms with Crippen molar-refractivity contribution in [1.29, 1.82) is 0 Å². The van der Waals surface area contributed by atoms with Crippen molar-refractivity contribution in [1.82, 2.24) is 5.32 Å². The second-order valence-electron chi connectivity index (χ2n) is 5.58. The number of carbonyl (C=O) groups excluding carboxylic acids is 1. The molecule has 116 valence electrons. The highest BCUT2D eigenvalue weighted by Crippen LogP contribution is 2.26. The molecule has 4 nitrogen and oxygen atoms in total. The van der Waals surface area contributed by atoms with E-state index in [9.17, 15) is 4.79 Å². The smallest absolute Gasteiger partial charge is 0.410 e. The van der Waals surface area contributed by atoms with Crippen LogP contribution in [-0.4, -0.2) is 19.2 Å². The van der Waals surface area contributed by atoms with E-state index in [2.05, 4.69) is 17.6 Å². The van der Waals surface area contributed by atoms with Gasteiger partial charge in [0.25, 0.3) is 0 Å². The fourth-order valence-corrected chi connectivity index (χ4v) is 2.58. The van der Waals surface area contributed by atoms with Crippen molar-refractivity contribution in [2.24, 2.45) is 0 Å². The summed E-state index contributed by atoms with van der Waals surface area (Å²) in [6.45, 7) is 3.91. The SMILES string of the molecule is CCCCCCCNC(=O)Oc1ccc2c(c1)CCCN2. The molecule has 0 fully saturated rings. The zero-order chi connectivity index (χ0) is 14.9. The van der Waals surface area contributed by atoms with Crippen LogP contribution in [0.3, 0.4) is 0 Å². The summed E-state index contributed by atoms with van der Waals surface area (Å²) in [5.74, 6) is 0.626. The van der Waals surface area contributed by atoms with E-state index >= 15 is 0 Å². The molecule has 2 rings (SSSR count). The van der Waals surface area contributed by atoms with Crippen LogP contribution in [0.25, 0.3) is 0 Å². The lowest BCUT2D eigenvalue weighted by molar-refractivity contribution is 0.200. The number of hydrogen-bond donors (Lipinski definition) is 2. The fraction of sp³-hybridized carbons (Fsp3) is 0.588. The van der Waals surface area contributed by atoms with Crippen LogP contribution >= 0.6 is 0 Å². The molecule has 1 aliphatic rings. The predicted molar refractivity (Wildman–Crippen MR) is 86.0 cm³/mol. The van der Waals surface area contributed by atoms with Crippen LogP contribution in [0.5, 0.6) is 5.75 Å². The molecule has 0 spiro atoms. The number of rotatable bonds is 7. The Labute approximate surface area is 127 Å². The van der Waals surface area contributed by atoms with E-state index in [-0.39, 0.29) is 6.09 Å². The van der Waals surface area contributed by atoms with Gasteiger partial charge in [0.2, 0.25) is 0 Å². The van der Waals surface area contributed by atoms with Gasteiger partial charge in [-0.1, -0.05) is 32.6 Å². The zero-order valence-corrected chi connectivity index (χ0v) is 12.9. The van der Waals surface area contributed by atoms with E-state index in [0.29, 0.717) is 12.3 Å². The van der Waals surface area contributed by atoms with Crippen LogP contribution in [0.2, 0.25) is 0 Å². The Kier molecular flexibility index (Phi) is 6.38. The van der Waals surface area contributed by atoms with Crippen molar-refractivity contribution in [3.8, 4) is 5.75 Å². The molecule has 1 heterocycles. The second kappa shape index (κ2) is 8.55. The van der Waals surface area contributed by atoms with Crippen molar-refractivity contribution in [2.45, 2.75) is 51.9 Å². The molecule has 0 unspecified atom stereocenters. The Hall–Kier alpha value is -1.71. The summed E-state index contributed by atoms with van der Waals surface area (Å²) in [4.78, 5) is 11.7. The van der Waals surface area contributed by atoms with Gasteiger partial charge in [-0.25, -0.2) is 4.79 Å². The minimum absolute atomic E-state index is 0.353. The van der Waals surface area contributed by atoms with Crippen molar-refractivity contribution < 1.29 is 9.53 Å². The van der Waals surface area contributed by atoms with Gasteiger partial charge in [0.05, 0.1) is 0 Å². The first-order chi connectivity index (χ1) is 10.3. The van der Waals surface area contributed by atoms with Gasteiger partial charge in [-0.05, 0) is 43.0 Å². The zero-order valence-electron chi connectivity index (χ0n) is 12.9. The number of hydrogen-bond acceptors (Lipinski definition) is 3. The maximum Gasteiger partial charge on any atom is 0.412 e. The van der Waals surface area contributed by atoms with Crippen molar-refractivity contribution in [3.63, 3.8) is 0 Å². The van der Waals surface area contributed by atoms with Crippen LogP contribution in [0.15, 0.2) is 18.2 Å². The number of unbranched alkanes of at least 4 members (excludes halogenated alkanes) is 4. The maximum atomic E-state index is 11.7. The third-order valence-electron chi connectivity index (χ3n) is 3.78. The Balaban J connectivity index is 1.70. The van der Waals surface area contributed by atoms with Gasteiger partial charge in [-0.2, -0.15) is 0 Å². The Morgan fingerprint density at radius 1 is 1.29 bits per heavy atom. The summed E-state index contributed by atoms with van der Waals surface area (Å²) >= 11 is 0. The van der Waals surface area contributed by atoms with Crippen LogP contribution in [0.1, 0.15) is 51.0 Å². The predicted octanol–water partition coefficient (Wildman–Crippen LogP) is 4.10. The second-order valence-corrected chi connectivity index (χ2v) is 5.58. The molecular formula is C17H26N2O2. The lowest BCUT2D eigenvalue weighted by Gasteiger charge is -2.18. The molecule has 4 heteroatoms. The van der Waals surface area contributed by atoms with Crippen LogP contribution in [-0.2, 0) is 6.42 Å². The first-order valence-electron chi connectivity index (χ1n) is 8.12. The molecule has 1 aliphatic heterocycles. The fourth-order valence-electron chi connectivity index (χ4n) is 2.58. The molecule has 1 amide bonds. The molecule has 1 aromatic carbocycles. The number of fused-ring (bicyclic) bond motifs is 1. The molecule has 0 radical (unpaired) electrons. The normalized spacial score (nSPS) is 13.2. The van der Waals surface area contributed by atoms with Gasteiger partial charge in [0.1, 0.15) is 5.75 Å². The number of carbonyl (C=O) groups is 1. The minimum atomic E-state index is -0.353. The summed E-state index contributed by atoms with van der Waals surface area (Å²) in [5.41, 5.74) is 2.39. The Morgan fingerprint density at radius 2 is 2.14 bits per heavy atom. The molecule has 21 heavy (non-hydrogen) atoms. The van der Waals surface area contributed by atoms with E-state index in [4.69, 9.17) is 4.74 Å². The van der Waals surface area contributed by atoms with Gasteiger partial charge >= 0.3 is 6.09 Å². The third kappa shape index (κ3) is 5.29. The minimum Gasteiger partial charge on any atom is -0.410 e. The summed E-state index contributed by atoms with van der Waals surface area (Å²) < 4.78 is 5.33. The number of benzene rings is 1. The van der Waals surface area contributed by atoms with Crippen LogP contribution < -0.4 is 15.4 Å². The number of anilines is 1. The highest BCUT2D eigenvalue weighted by atomic mass is 16.6. The highest BCUT2D eigenvalue weighted by Gasteiger charge is 2.11. The highest BCUT2D eigenvalue weighted by molar-refractivity contribution is 5.71. The van der Waals surface area contributed by atoms with E-state index in [1.807, 2.05) is 18.2 Å². The van der Waals surface area contributed by atoms with E-state index in [1.165, 1.54) is 31.2 Å². The van der Waals surface area contributed by atoms with E-state index in [1.54, 1.807) is 0 Å². The molecule has 0 aliphatic carbocycles. The van der Waals surface area contributed by atoms with E-state index in [0.717, 1.165) is 31.5 Å². The third-order valence-corrected chi connectivity index (χ3v) is 3.78. The largest absolute Gasteiger partial charge is 0.412 e. The first-order valence-corrected chi connectivity index (χ1v) is 8.12. The van der Waals surface area contributed by atoms with Gasteiger partial charge in [-0.3, -0.25) is 0 Å². The topological polar surface area (TPSA) is 50.4 Å². The lowest BCUT2D eigenvalue weighted by atomic mass is 10.0. The molecule has 0 bridgehead atoms. The number of amides is 1. The summed E-state index contributed by atoms with van der Waals surface area (Å²) in [6.07, 6.45) is 7.75. The summed E-state index contributed by atoms with van der Waals surface area (Å²) in [5, 5.41) is 6.16.